The van der Waals surface area contributed by atoms with Gasteiger partial charge in [0.15, 0.2) is 11.9 Å². The number of rotatable bonds is 7. The van der Waals surface area contributed by atoms with Crippen molar-refractivity contribution < 1.29 is 23.7 Å². The Kier molecular flexibility index (Phi) is 6.05. The lowest BCUT2D eigenvalue weighted by Gasteiger charge is -2.50. The molecule has 0 saturated carbocycles. The number of nitrogens with two attached hydrogens (primary N) is 1. The molecular formula is C23H27FN4O4. The van der Waals surface area contributed by atoms with E-state index < -0.39 is 24.0 Å². The van der Waals surface area contributed by atoms with Gasteiger partial charge in [0.1, 0.15) is 23.5 Å². The topological polar surface area (TPSA) is 106 Å². The number of methoxy groups -OCH3 is 2. The average molecular weight is 442 g/mol. The zero-order chi connectivity index (χ0) is 22.9. The molecule has 4 N–H and O–H groups in total. The Morgan fingerprint density at radius 3 is 2.59 bits per heavy atom. The van der Waals surface area contributed by atoms with Gasteiger partial charge in [0.2, 0.25) is 0 Å². The Labute approximate surface area is 185 Å². The van der Waals surface area contributed by atoms with Crippen LogP contribution in [-0.4, -0.2) is 47.3 Å². The van der Waals surface area contributed by atoms with Crippen molar-refractivity contribution in [1.82, 2.24) is 9.97 Å². The maximum absolute atomic E-state index is 13.7. The van der Waals surface area contributed by atoms with E-state index in [9.17, 15) is 9.50 Å². The van der Waals surface area contributed by atoms with Gasteiger partial charge >= 0.3 is 0 Å². The van der Waals surface area contributed by atoms with Crippen molar-refractivity contribution in [1.29, 1.82) is 0 Å². The number of nitrogens with zero attached hydrogens (tertiary/aromatic N) is 2. The van der Waals surface area contributed by atoms with Gasteiger partial charge in [-0.25, -0.2) is 9.37 Å². The van der Waals surface area contributed by atoms with Gasteiger partial charge in [0.05, 0.1) is 12.6 Å². The van der Waals surface area contributed by atoms with Crippen LogP contribution in [0.2, 0.25) is 0 Å². The molecule has 0 radical (unpaired) electrons. The number of aliphatic hydroxyl groups excluding tert-OH is 1. The Bertz CT molecular complexity index is 1040. The van der Waals surface area contributed by atoms with Gasteiger partial charge in [-0.15, -0.1) is 0 Å². The molecule has 32 heavy (non-hydrogen) atoms. The van der Waals surface area contributed by atoms with Crippen molar-refractivity contribution in [2.24, 2.45) is 0 Å². The van der Waals surface area contributed by atoms with E-state index in [-0.39, 0.29) is 5.82 Å². The molecule has 0 spiro atoms. The first-order chi connectivity index (χ1) is 15.4. The van der Waals surface area contributed by atoms with Gasteiger partial charge in [0, 0.05) is 43.6 Å². The lowest BCUT2D eigenvalue weighted by molar-refractivity contribution is -0.237. The third-order valence-corrected chi connectivity index (χ3v) is 5.83. The van der Waals surface area contributed by atoms with E-state index >= 15 is 0 Å². The molecule has 2 aromatic carbocycles. The molecule has 1 aromatic heterocycles. The molecule has 4 rings (SSSR count). The maximum atomic E-state index is 13.7. The summed E-state index contributed by atoms with van der Waals surface area (Å²) in [6.07, 6.45) is 1.41. The Hall–Kier alpha value is -3.14. The minimum atomic E-state index is -1.25. The summed E-state index contributed by atoms with van der Waals surface area (Å²) in [5.74, 6) is 0.866. The number of benzene rings is 2. The first kappa shape index (κ1) is 22.1. The highest BCUT2D eigenvalue weighted by Gasteiger charge is 2.54. The SMILES string of the molecule is COC(OC)[C@@]1(C)Oc2ccc(N)cc2[C@@H](N(Cc2ncc[nH]2)c2ccc(F)cc2)[C@@H]1O. The fraction of sp³-hybridized carbons (Fsp3) is 0.348. The molecule has 3 aromatic rings. The highest BCUT2D eigenvalue weighted by molar-refractivity contribution is 5.57. The number of ether oxygens (including phenoxy) is 3. The number of hydrogen-bond acceptors (Lipinski definition) is 7. The van der Waals surface area contributed by atoms with E-state index in [1.54, 1.807) is 49.6 Å². The minimum Gasteiger partial charge on any atom is -0.479 e. The molecule has 1 aliphatic rings. The number of nitrogen functional groups attached to an aromatic ring is 1. The maximum Gasteiger partial charge on any atom is 0.199 e. The second-order valence-electron chi connectivity index (χ2n) is 7.92. The second kappa shape index (κ2) is 8.78. The van der Waals surface area contributed by atoms with Gasteiger partial charge in [0.25, 0.3) is 0 Å². The number of fused-ring (bicyclic) bond motifs is 1. The molecule has 0 unspecified atom stereocenters. The van der Waals surface area contributed by atoms with Gasteiger partial charge in [-0.1, -0.05) is 0 Å². The summed E-state index contributed by atoms with van der Waals surface area (Å²) >= 11 is 0. The molecule has 0 aliphatic carbocycles. The van der Waals surface area contributed by atoms with Crippen LogP contribution in [0.25, 0.3) is 0 Å². The summed E-state index contributed by atoms with van der Waals surface area (Å²) in [7, 11) is 2.98. The van der Waals surface area contributed by atoms with E-state index in [1.807, 2.05) is 4.90 Å². The van der Waals surface area contributed by atoms with Crippen LogP contribution in [0.4, 0.5) is 15.8 Å². The summed E-state index contributed by atoms with van der Waals surface area (Å²) in [5.41, 5.74) is 6.75. The van der Waals surface area contributed by atoms with E-state index in [4.69, 9.17) is 19.9 Å². The quantitative estimate of drug-likeness (QED) is 0.382. The molecule has 0 amide bonds. The molecule has 0 bridgehead atoms. The van der Waals surface area contributed by atoms with Crippen LogP contribution < -0.4 is 15.4 Å². The zero-order valence-electron chi connectivity index (χ0n) is 18.2. The van der Waals surface area contributed by atoms with Crippen molar-refractivity contribution >= 4 is 11.4 Å². The van der Waals surface area contributed by atoms with Crippen LogP contribution >= 0.6 is 0 Å². The molecule has 8 nitrogen and oxygen atoms in total. The van der Waals surface area contributed by atoms with Crippen LogP contribution in [0.15, 0.2) is 54.9 Å². The molecular weight excluding hydrogens is 415 g/mol. The Morgan fingerprint density at radius 1 is 1.25 bits per heavy atom. The fourth-order valence-electron chi connectivity index (χ4n) is 4.29. The van der Waals surface area contributed by atoms with E-state index in [0.29, 0.717) is 35.1 Å². The summed E-state index contributed by atoms with van der Waals surface area (Å²) in [6.45, 7) is 2.05. The summed E-state index contributed by atoms with van der Waals surface area (Å²) < 4.78 is 30.9. The predicted molar refractivity (Wildman–Crippen MR) is 118 cm³/mol. The average Bonchev–Trinajstić information content (AvgIpc) is 3.29. The molecule has 2 heterocycles. The van der Waals surface area contributed by atoms with Crippen LogP contribution in [0.5, 0.6) is 5.75 Å². The smallest absolute Gasteiger partial charge is 0.199 e. The third-order valence-electron chi connectivity index (χ3n) is 5.83. The highest BCUT2D eigenvalue weighted by atomic mass is 19.1. The third kappa shape index (κ3) is 3.90. The van der Waals surface area contributed by atoms with E-state index in [1.165, 1.54) is 26.4 Å². The number of aliphatic hydroxyl groups is 1. The molecule has 3 atom stereocenters. The van der Waals surface area contributed by atoms with Gasteiger partial charge in [-0.2, -0.15) is 0 Å². The molecule has 0 fully saturated rings. The summed E-state index contributed by atoms with van der Waals surface area (Å²) in [5, 5.41) is 11.7. The number of imidazole rings is 1. The normalized spacial score (nSPS) is 22.4. The number of nitrogens with one attached hydrogen (secondary N) is 1. The van der Waals surface area contributed by atoms with E-state index in [2.05, 4.69) is 9.97 Å². The number of hydrogen-bond donors (Lipinski definition) is 3. The van der Waals surface area contributed by atoms with Crippen molar-refractivity contribution in [2.75, 3.05) is 24.9 Å². The van der Waals surface area contributed by atoms with E-state index in [0.717, 1.165) is 0 Å². The van der Waals surface area contributed by atoms with Crippen LogP contribution in [-0.2, 0) is 16.0 Å². The lowest BCUT2D eigenvalue weighted by Crippen LogP contribution is -2.62. The number of aromatic nitrogens is 2. The van der Waals surface area contributed by atoms with Crippen molar-refractivity contribution in [3.63, 3.8) is 0 Å². The number of aromatic amines is 1. The first-order valence-electron chi connectivity index (χ1n) is 10.2. The molecule has 9 heteroatoms. The summed E-state index contributed by atoms with van der Waals surface area (Å²) in [6, 6.07) is 10.7. The summed E-state index contributed by atoms with van der Waals surface area (Å²) in [4.78, 5) is 9.36. The predicted octanol–water partition coefficient (Wildman–Crippen LogP) is 3.01. The first-order valence-corrected chi connectivity index (χ1v) is 10.2. The standard InChI is InChI=1S/C23H27FN4O4/c1-23(22(30-2)31-3)21(29)20(17-12-15(25)6-9-18(17)32-23)28(13-19-26-10-11-27-19)16-7-4-14(24)5-8-16/h4-12,20-22,29H,13,25H2,1-3H3,(H,26,27)/t20-,21+,23+/m1/s1. The van der Waals surface area contributed by atoms with Crippen molar-refractivity contribution in [2.45, 2.75) is 37.5 Å². The Morgan fingerprint density at radius 2 is 1.97 bits per heavy atom. The van der Waals surface area contributed by atoms with Crippen LogP contribution in [0.3, 0.4) is 0 Å². The number of H-pyrrole nitrogens is 1. The van der Waals surface area contributed by atoms with Crippen molar-refractivity contribution in [3.05, 3.63) is 72.1 Å². The number of halogens is 1. The lowest BCUT2D eigenvalue weighted by atomic mass is 9.83. The number of anilines is 2. The minimum absolute atomic E-state index is 0.315. The van der Waals surface area contributed by atoms with Crippen molar-refractivity contribution in [3.8, 4) is 5.75 Å². The highest BCUT2D eigenvalue weighted by Crippen LogP contribution is 2.47. The fourth-order valence-corrected chi connectivity index (χ4v) is 4.29. The molecule has 1 aliphatic heterocycles. The zero-order valence-corrected chi connectivity index (χ0v) is 18.2. The van der Waals surface area contributed by atoms with Crippen LogP contribution in [0.1, 0.15) is 24.4 Å². The van der Waals surface area contributed by atoms with Gasteiger partial charge in [-0.05, 0) is 49.4 Å². The second-order valence-corrected chi connectivity index (χ2v) is 7.92. The van der Waals surface area contributed by atoms with Gasteiger partial charge in [-0.3, -0.25) is 0 Å². The van der Waals surface area contributed by atoms with Gasteiger partial charge < -0.3 is 34.9 Å². The van der Waals surface area contributed by atoms with Crippen LogP contribution in [0, 0.1) is 5.82 Å². The monoisotopic (exact) mass is 442 g/mol. The largest absolute Gasteiger partial charge is 0.479 e. The molecule has 0 saturated heterocycles. The Balaban J connectivity index is 1.88. The molecule has 170 valence electrons.